The molecule has 0 aliphatic carbocycles. The maximum absolute atomic E-state index is 6.11. The number of hydrogen-bond donors (Lipinski definition) is 1. The fourth-order valence-corrected chi connectivity index (χ4v) is 4.39. The maximum Gasteiger partial charge on any atom is 0.147 e. The largest absolute Gasteiger partial charge is 0.399 e. The van der Waals surface area contributed by atoms with E-state index < -0.39 is 8.07 Å². The Balaban J connectivity index is 1.72. The van der Waals surface area contributed by atoms with Crippen molar-refractivity contribution >= 4 is 30.6 Å². The van der Waals surface area contributed by atoms with E-state index in [1.807, 2.05) is 24.3 Å². The summed E-state index contributed by atoms with van der Waals surface area (Å²) in [5, 5.41) is 1.04. The van der Waals surface area contributed by atoms with Crippen LogP contribution in [0.1, 0.15) is 0 Å². The van der Waals surface area contributed by atoms with Gasteiger partial charge in [-0.1, -0.05) is 31.8 Å². The smallest absolute Gasteiger partial charge is 0.147 e. The minimum absolute atomic E-state index is 0.466. The van der Waals surface area contributed by atoms with Crippen LogP contribution in [0.3, 0.4) is 0 Å². The van der Waals surface area contributed by atoms with Crippen LogP contribution >= 0.6 is 0 Å². The molecule has 4 rings (SSSR count). The quantitative estimate of drug-likeness (QED) is 0.352. The fourth-order valence-electron chi connectivity index (χ4n) is 3.64. The molecule has 3 heterocycles. The SMILES string of the molecule is C[Si](C)(C)CCOCn1c(-c2ccc(N)cc2)cc2c(N3CCOCC3)ncnc21. The molecular weight excluding hydrogens is 394 g/mol. The lowest BCUT2D eigenvalue weighted by atomic mass is 10.1. The van der Waals surface area contributed by atoms with Crippen molar-refractivity contribution in [2.75, 3.05) is 43.5 Å². The Kier molecular flexibility index (Phi) is 6.08. The van der Waals surface area contributed by atoms with Gasteiger partial charge in [-0.3, -0.25) is 0 Å². The number of aromatic nitrogens is 3. The number of nitrogens with two attached hydrogens (primary N) is 1. The molecule has 0 amide bonds. The second-order valence-electron chi connectivity index (χ2n) is 8.96. The first-order valence-electron chi connectivity index (χ1n) is 10.5. The minimum Gasteiger partial charge on any atom is -0.399 e. The van der Waals surface area contributed by atoms with Crippen LogP contribution in [0, 0.1) is 0 Å². The number of anilines is 2. The first kappa shape index (κ1) is 20.8. The molecule has 0 atom stereocenters. The lowest BCUT2D eigenvalue weighted by Crippen LogP contribution is -2.36. The first-order valence-corrected chi connectivity index (χ1v) is 14.2. The number of morpholine rings is 1. The molecule has 8 heteroatoms. The Labute approximate surface area is 178 Å². The average Bonchev–Trinajstić information content (AvgIpc) is 3.10. The third-order valence-corrected chi connectivity index (χ3v) is 7.11. The zero-order valence-electron chi connectivity index (χ0n) is 18.1. The van der Waals surface area contributed by atoms with E-state index in [1.54, 1.807) is 6.33 Å². The molecule has 30 heavy (non-hydrogen) atoms. The second-order valence-corrected chi connectivity index (χ2v) is 14.6. The summed E-state index contributed by atoms with van der Waals surface area (Å²) in [6.07, 6.45) is 1.65. The van der Waals surface area contributed by atoms with Crippen molar-refractivity contribution in [2.24, 2.45) is 0 Å². The van der Waals surface area contributed by atoms with E-state index in [0.29, 0.717) is 6.73 Å². The normalized spacial score (nSPS) is 15.1. The zero-order chi connectivity index (χ0) is 21.1. The monoisotopic (exact) mass is 425 g/mol. The van der Waals surface area contributed by atoms with Crippen LogP contribution in [0.4, 0.5) is 11.5 Å². The number of nitrogens with zero attached hydrogens (tertiary/aromatic N) is 4. The van der Waals surface area contributed by atoms with Gasteiger partial charge in [0.15, 0.2) is 0 Å². The fraction of sp³-hybridized carbons (Fsp3) is 0.455. The van der Waals surface area contributed by atoms with Gasteiger partial charge in [-0.25, -0.2) is 9.97 Å². The lowest BCUT2D eigenvalue weighted by molar-refractivity contribution is 0.0909. The summed E-state index contributed by atoms with van der Waals surface area (Å²) >= 11 is 0. The molecule has 2 aromatic heterocycles. The van der Waals surface area contributed by atoms with Gasteiger partial charge in [0, 0.05) is 33.5 Å². The van der Waals surface area contributed by atoms with Crippen molar-refractivity contribution in [2.45, 2.75) is 32.4 Å². The van der Waals surface area contributed by atoms with E-state index in [2.05, 4.69) is 45.1 Å². The van der Waals surface area contributed by atoms with E-state index in [4.69, 9.17) is 15.2 Å². The Morgan fingerprint density at radius 2 is 1.83 bits per heavy atom. The number of hydrogen-bond acceptors (Lipinski definition) is 6. The summed E-state index contributed by atoms with van der Waals surface area (Å²) in [5.41, 5.74) is 9.71. The summed E-state index contributed by atoms with van der Waals surface area (Å²) < 4.78 is 13.8. The third-order valence-electron chi connectivity index (χ3n) is 5.40. The molecule has 3 aromatic rings. The van der Waals surface area contributed by atoms with E-state index in [0.717, 1.165) is 72.8 Å². The van der Waals surface area contributed by atoms with Gasteiger partial charge in [-0.15, -0.1) is 0 Å². The molecule has 0 unspecified atom stereocenters. The van der Waals surface area contributed by atoms with Gasteiger partial charge in [-0.2, -0.15) is 0 Å². The Hall–Kier alpha value is -2.42. The molecule has 1 aromatic carbocycles. The second kappa shape index (κ2) is 8.75. The molecule has 7 nitrogen and oxygen atoms in total. The zero-order valence-corrected chi connectivity index (χ0v) is 19.1. The standard InChI is InChI=1S/C22H31N5O2Si/c1-30(2,3)13-12-29-16-27-20(17-4-6-18(23)7-5-17)14-19-21(24-15-25-22(19)27)26-8-10-28-11-9-26/h4-7,14-15H,8-13,16,23H2,1-3H3. The van der Waals surface area contributed by atoms with Crippen molar-refractivity contribution in [3.8, 4) is 11.3 Å². The average molecular weight is 426 g/mol. The number of nitrogen functional groups attached to an aromatic ring is 1. The molecule has 0 bridgehead atoms. The van der Waals surface area contributed by atoms with Crippen LogP contribution in [0.5, 0.6) is 0 Å². The molecule has 1 aliphatic rings. The van der Waals surface area contributed by atoms with Crippen LogP contribution in [-0.4, -0.2) is 55.5 Å². The molecular formula is C22H31N5O2Si. The summed E-state index contributed by atoms with van der Waals surface area (Å²) in [6, 6.07) is 11.3. The number of fused-ring (bicyclic) bond motifs is 1. The summed E-state index contributed by atoms with van der Waals surface area (Å²) in [6.45, 7) is 11.4. The highest BCUT2D eigenvalue weighted by Crippen LogP contribution is 2.32. The Morgan fingerprint density at radius 1 is 1.10 bits per heavy atom. The minimum atomic E-state index is -1.14. The summed E-state index contributed by atoms with van der Waals surface area (Å²) in [4.78, 5) is 11.5. The van der Waals surface area contributed by atoms with Crippen LogP contribution in [-0.2, 0) is 16.2 Å². The molecule has 0 radical (unpaired) electrons. The van der Waals surface area contributed by atoms with Crippen molar-refractivity contribution < 1.29 is 9.47 Å². The molecule has 160 valence electrons. The van der Waals surface area contributed by atoms with E-state index in [1.165, 1.54) is 0 Å². The van der Waals surface area contributed by atoms with Crippen LogP contribution < -0.4 is 10.6 Å². The third kappa shape index (κ3) is 4.66. The first-order chi connectivity index (χ1) is 14.4. The van der Waals surface area contributed by atoms with Gasteiger partial charge in [-0.05, 0) is 29.8 Å². The highest BCUT2D eigenvalue weighted by atomic mass is 28.3. The predicted octanol–water partition coefficient (Wildman–Crippen LogP) is 3.83. The van der Waals surface area contributed by atoms with E-state index in [-0.39, 0.29) is 0 Å². The van der Waals surface area contributed by atoms with Gasteiger partial charge in [0.1, 0.15) is 24.5 Å². The molecule has 1 fully saturated rings. The molecule has 0 saturated carbocycles. The lowest BCUT2D eigenvalue weighted by Gasteiger charge is -2.28. The topological polar surface area (TPSA) is 78.4 Å². The van der Waals surface area contributed by atoms with Crippen molar-refractivity contribution in [1.82, 2.24) is 14.5 Å². The summed E-state index contributed by atoms with van der Waals surface area (Å²) in [5.74, 6) is 0.959. The van der Waals surface area contributed by atoms with Gasteiger partial charge in [0.2, 0.25) is 0 Å². The molecule has 1 aliphatic heterocycles. The van der Waals surface area contributed by atoms with E-state index in [9.17, 15) is 0 Å². The van der Waals surface area contributed by atoms with Crippen LogP contribution in [0.15, 0.2) is 36.7 Å². The Bertz CT molecular complexity index is 991. The van der Waals surface area contributed by atoms with Crippen molar-refractivity contribution in [1.29, 1.82) is 0 Å². The number of rotatable bonds is 7. The van der Waals surface area contributed by atoms with Gasteiger partial charge < -0.3 is 24.7 Å². The number of ether oxygens (including phenoxy) is 2. The van der Waals surface area contributed by atoms with Gasteiger partial charge in [0.25, 0.3) is 0 Å². The van der Waals surface area contributed by atoms with Crippen molar-refractivity contribution in [3.05, 3.63) is 36.7 Å². The highest BCUT2D eigenvalue weighted by Gasteiger charge is 2.21. The molecule has 2 N–H and O–H groups in total. The highest BCUT2D eigenvalue weighted by molar-refractivity contribution is 6.76. The molecule has 1 saturated heterocycles. The van der Waals surface area contributed by atoms with Crippen LogP contribution in [0.2, 0.25) is 25.7 Å². The van der Waals surface area contributed by atoms with Gasteiger partial charge in [0.05, 0.1) is 24.3 Å². The van der Waals surface area contributed by atoms with Gasteiger partial charge >= 0.3 is 0 Å². The summed E-state index contributed by atoms with van der Waals surface area (Å²) in [7, 11) is -1.14. The van der Waals surface area contributed by atoms with Crippen LogP contribution in [0.25, 0.3) is 22.3 Å². The molecule has 0 spiro atoms. The van der Waals surface area contributed by atoms with E-state index >= 15 is 0 Å². The number of benzene rings is 1. The maximum atomic E-state index is 6.11. The Morgan fingerprint density at radius 3 is 2.53 bits per heavy atom. The van der Waals surface area contributed by atoms with Crippen molar-refractivity contribution in [3.63, 3.8) is 0 Å². The predicted molar refractivity (Wildman–Crippen MR) is 125 cm³/mol.